The third-order valence-electron chi connectivity index (χ3n) is 2.52. The maximum atomic E-state index is 5.96. The van der Waals surface area contributed by atoms with Crippen LogP contribution in [-0.2, 0) is 0 Å². The molecule has 0 heterocycles. The molecule has 0 saturated carbocycles. The van der Waals surface area contributed by atoms with Crippen LogP contribution in [0, 0.1) is 0 Å². The minimum absolute atomic E-state index is 0.415. The Morgan fingerprint density at radius 2 is 1.68 bits per heavy atom. The van der Waals surface area contributed by atoms with Crippen molar-refractivity contribution in [3.05, 3.63) is 45.4 Å². The first kappa shape index (κ1) is 14.1. The highest BCUT2D eigenvalue weighted by Crippen LogP contribution is 2.34. The second-order valence-corrected chi connectivity index (χ2v) is 5.05. The average molecular weight is 318 g/mol. The highest BCUT2D eigenvalue weighted by molar-refractivity contribution is 6.42. The summed E-state index contributed by atoms with van der Waals surface area (Å²) >= 11 is 17.8. The summed E-state index contributed by atoms with van der Waals surface area (Å²) in [5.74, 6) is 0.574. The van der Waals surface area contributed by atoms with Gasteiger partial charge in [-0.3, -0.25) is 0 Å². The van der Waals surface area contributed by atoms with Gasteiger partial charge in [0.05, 0.1) is 33.6 Å². The van der Waals surface area contributed by atoms with Crippen molar-refractivity contribution in [1.82, 2.24) is 0 Å². The molecular formula is C13H11Cl3N2O. The Kier molecular flexibility index (Phi) is 4.30. The van der Waals surface area contributed by atoms with Gasteiger partial charge in [0, 0.05) is 11.8 Å². The van der Waals surface area contributed by atoms with E-state index in [0.29, 0.717) is 32.2 Å². The molecule has 0 aliphatic rings. The van der Waals surface area contributed by atoms with E-state index in [1.807, 2.05) is 6.07 Å². The fourth-order valence-corrected chi connectivity index (χ4v) is 2.09. The van der Waals surface area contributed by atoms with E-state index in [2.05, 4.69) is 5.32 Å². The first-order valence-electron chi connectivity index (χ1n) is 5.36. The van der Waals surface area contributed by atoms with Gasteiger partial charge < -0.3 is 15.8 Å². The Hall–Kier alpha value is -1.29. The first-order chi connectivity index (χ1) is 9.01. The number of rotatable bonds is 3. The molecule has 0 fully saturated rings. The molecule has 6 heteroatoms. The number of anilines is 3. The van der Waals surface area contributed by atoms with Crippen LogP contribution in [0.3, 0.4) is 0 Å². The molecule has 0 saturated heterocycles. The molecule has 0 spiro atoms. The van der Waals surface area contributed by atoms with Crippen molar-refractivity contribution in [3.63, 3.8) is 0 Å². The zero-order chi connectivity index (χ0) is 14.0. The maximum absolute atomic E-state index is 5.96. The molecule has 100 valence electrons. The number of nitrogens with one attached hydrogen (secondary N) is 1. The molecule has 0 amide bonds. The minimum atomic E-state index is 0.415. The molecule has 2 rings (SSSR count). The first-order valence-corrected chi connectivity index (χ1v) is 6.49. The Morgan fingerprint density at radius 1 is 1.00 bits per heavy atom. The second-order valence-electron chi connectivity index (χ2n) is 3.83. The quantitative estimate of drug-likeness (QED) is 0.785. The summed E-state index contributed by atoms with van der Waals surface area (Å²) in [6, 6.07) is 8.58. The van der Waals surface area contributed by atoms with E-state index in [1.54, 1.807) is 31.4 Å². The van der Waals surface area contributed by atoms with Crippen LogP contribution in [-0.4, -0.2) is 7.11 Å². The Morgan fingerprint density at radius 3 is 2.37 bits per heavy atom. The Labute approximate surface area is 126 Å². The number of nitrogens with two attached hydrogens (primary N) is 1. The topological polar surface area (TPSA) is 47.3 Å². The summed E-state index contributed by atoms with van der Waals surface area (Å²) in [6.45, 7) is 0. The number of methoxy groups -OCH3 is 1. The predicted molar refractivity (Wildman–Crippen MR) is 82.2 cm³/mol. The van der Waals surface area contributed by atoms with Crippen LogP contribution < -0.4 is 15.8 Å². The number of halogens is 3. The van der Waals surface area contributed by atoms with Crippen molar-refractivity contribution < 1.29 is 4.74 Å². The normalized spacial score (nSPS) is 10.3. The van der Waals surface area contributed by atoms with Gasteiger partial charge in [-0.15, -0.1) is 0 Å². The molecular weight excluding hydrogens is 307 g/mol. The van der Waals surface area contributed by atoms with Gasteiger partial charge in [0.15, 0.2) is 0 Å². The van der Waals surface area contributed by atoms with Gasteiger partial charge in [-0.05, 0) is 24.3 Å². The lowest BCUT2D eigenvalue weighted by atomic mass is 10.2. The highest BCUT2D eigenvalue weighted by atomic mass is 35.5. The lowest BCUT2D eigenvalue weighted by Crippen LogP contribution is -1.97. The van der Waals surface area contributed by atoms with Crippen LogP contribution in [0.25, 0.3) is 0 Å². The van der Waals surface area contributed by atoms with Crippen LogP contribution in [0.2, 0.25) is 15.1 Å². The van der Waals surface area contributed by atoms with E-state index in [4.69, 9.17) is 45.3 Å². The van der Waals surface area contributed by atoms with Gasteiger partial charge in [0.2, 0.25) is 0 Å². The average Bonchev–Trinajstić information content (AvgIpc) is 2.38. The van der Waals surface area contributed by atoms with Crippen molar-refractivity contribution in [2.24, 2.45) is 0 Å². The maximum Gasteiger partial charge on any atom is 0.139 e. The fourth-order valence-electron chi connectivity index (χ4n) is 1.56. The van der Waals surface area contributed by atoms with Crippen LogP contribution in [0.5, 0.6) is 5.75 Å². The Bertz CT molecular complexity index is 617. The van der Waals surface area contributed by atoms with Gasteiger partial charge >= 0.3 is 0 Å². The lowest BCUT2D eigenvalue weighted by molar-refractivity contribution is 0.415. The van der Waals surface area contributed by atoms with E-state index < -0.39 is 0 Å². The molecule has 0 radical (unpaired) electrons. The van der Waals surface area contributed by atoms with Crippen molar-refractivity contribution in [2.75, 3.05) is 18.2 Å². The zero-order valence-corrected chi connectivity index (χ0v) is 12.3. The summed E-state index contributed by atoms with van der Waals surface area (Å²) in [5.41, 5.74) is 7.83. The molecule has 2 aromatic rings. The van der Waals surface area contributed by atoms with E-state index in [-0.39, 0.29) is 0 Å². The lowest BCUT2D eigenvalue weighted by Gasteiger charge is -2.12. The second kappa shape index (κ2) is 5.78. The molecule has 19 heavy (non-hydrogen) atoms. The molecule has 0 unspecified atom stereocenters. The van der Waals surface area contributed by atoms with Crippen LogP contribution in [0.4, 0.5) is 17.1 Å². The summed E-state index contributed by atoms with van der Waals surface area (Å²) in [7, 11) is 1.55. The number of hydrogen-bond acceptors (Lipinski definition) is 3. The third-order valence-corrected chi connectivity index (χ3v) is 3.56. The SMILES string of the molecule is COc1cc(Nc2cc(Cl)c(Cl)cc2N)ccc1Cl. The summed E-state index contributed by atoms with van der Waals surface area (Å²) in [4.78, 5) is 0. The molecule has 0 atom stereocenters. The largest absolute Gasteiger partial charge is 0.495 e. The number of hydrogen-bond donors (Lipinski definition) is 2. The summed E-state index contributed by atoms with van der Waals surface area (Å²) in [6.07, 6.45) is 0. The fraction of sp³-hybridized carbons (Fsp3) is 0.0769. The van der Waals surface area contributed by atoms with Crippen LogP contribution in [0.15, 0.2) is 30.3 Å². The van der Waals surface area contributed by atoms with E-state index in [0.717, 1.165) is 5.69 Å². The third kappa shape index (κ3) is 3.18. The highest BCUT2D eigenvalue weighted by Gasteiger charge is 2.07. The van der Waals surface area contributed by atoms with Gasteiger partial charge in [-0.2, -0.15) is 0 Å². The molecule has 2 aromatic carbocycles. The van der Waals surface area contributed by atoms with Gasteiger partial charge in [0.25, 0.3) is 0 Å². The number of benzene rings is 2. The standard InChI is InChI=1S/C13H11Cl3N2O/c1-19-13-4-7(2-3-8(13)14)18-12-6-10(16)9(15)5-11(12)17/h2-6,18H,17H2,1H3. The molecule has 0 bridgehead atoms. The van der Waals surface area contributed by atoms with E-state index in [9.17, 15) is 0 Å². The van der Waals surface area contributed by atoms with Gasteiger partial charge in [0.1, 0.15) is 5.75 Å². The van der Waals surface area contributed by atoms with Crippen LogP contribution >= 0.6 is 34.8 Å². The molecule has 0 aromatic heterocycles. The minimum Gasteiger partial charge on any atom is -0.495 e. The van der Waals surface area contributed by atoms with E-state index >= 15 is 0 Å². The van der Waals surface area contributed by atoms with Crippen molar-refractivity contribution >= 4 is 51.9 Å². The smallest absolute Gasteiger partial charge is 0.139 e. The molecule has 0 aliphatic heterocycles. The predicted octanol–water partition coefficient (Wildman–Crippen LogP) is 4.98. The Balaban J connectivity index is 2.33. The molecule has 0 aliphatic carbocycles. The zero-order valence-electron chi connectivity index (χ0n) is 10.0. The van der Waals surface area contributed by atoms with Gasteiger partial charge in [-0.1, -0.05) is 34.8 Å². The summed E-state index contributed by atoms with van der Waals surface area (Å²) < 4.78 is 5.15. The van der Waals surface area contributed by atoms with Crippen molar-refractivity contribution in [2.45, 2.75) is 0 Å². The van der Waals surface area contributed by atoms with Crippen molar-refractivity contribution in [1.29, 1.82) is 0 Å². The van der Waals surface area contributed by atoms with Crippen LogP contribution in [0.1, 0.15) is 0 Å². The van der Waals surface area contributed by atoms with Crippen molar-refractivity contribution in [3.8, 4) is 5.75 Å². The van der Waals surface area contributed by atoms with Gasteiger partial charge in [-0.25, -0.2) is 0 Å². The monoisotopic (exact) mass is 316 g/mol. The van der Waals surface area contributed by atoms with E-state index in [1.165, 1.54) is 0 Å². The molecule has 3 N–H and O–H groups in total. The number of ether oxygens (including phenoxy) is 1. The molecule has 3 nitrogen and oxygen atoms in total. The number of nitrogen functional groups attached to an aromatic ring is 1. The summed E-state index contributed by atoms with van der Waals surface area (Å²) in [5, 5.41) is 4.52.